The molecule has 0 unspecified atom stereocenters. The van der Waals surface area contributed by atoms with E-state index in [-0.39, 0.29) is 11.3 Å². The molecule has 0 bridgehead atoms. The van der Waals surface area contributed by atoms with Crippen LogP contribution in [-0.2, 0) is 9.53 Å². The molecule has 1 atom stereocenters. The first-order chi connectivity index (χ1) is 8.74. The Morgan fingerprint density at radius 3 is 2.26 bits per heavy atom. The van der Waals surface area contributed by atoms with Crippen molar-refractivity contribution < 1.29 is 14.6 Å². The van der Waals surface area contributed by atoms with Crippen LogP contribution in [0.5, 0.6) is 0 Å². The lowest BCUT2D eigenvalue weighted by molar-refractivity contribution is -0.143. The number of nitriles is 1. The summed E-state index contributed by atoms with van der Waals surface area (Å²) in [6.45, 7) is 7.34. The first-order valence-electron chi connectivity index (χ1n) is 6.75. The van der Waals surface area contributed by atoms with E-state index in [2.05, 4.69) is 6.07 Å². The summed E-state index contributed by atoms with van der Waals surface area (Å²) in [7, 11) is 0. The fourth-order valence-corrected chi connectivity index (χ4v) is 2.83. The van der Waals surface area contributed by atoms with Gasteiger partial charge in [-0.25, -0.2) is 0 Å². The molecule has 2 saturated heterocycles. The second kappa shape index (κ2) is 4.46. The lowest BCUT2D eigenvalue weighted by Crippen LogP contribution is -2.46. The Labute approximate surface area is 114 Å². The zero-order valence-electron chi connectivity index (χ0n) is 11.9. The van der Waals surface area contributed by atoms with E-state index in [4.69, 9.17) is 4.74 Å². The van der Waals surface area contributed by atoms with Gasteiger partial charge in [0.2, 0.25) is 5.91 Å². The van der Waals surface area contributed by atoms with Crippen LogP contribution in [0.25, 0.3) is 0 Å². The van der Waals surface area contributed by atoms with Crippen LogP contribution < -0.4 is 0 Å². The molecule has 2 rings (SSSR count). The highest BCUT2D eigenvalue weighted by Crippen LogP contribution is 2.41. The molecule has 2 aliphatic heterocycles. The van der Waals surface area contributed by atoms with Gasteiger partial charge >= 0.3 is 0 Å². The van der Waals surface area contributed by atoms with Crippen LogP contribution >= 0.6 is 0 Å². The molecule has 0 spiro atoms. The van der Waals surface area contributed by atoms with Gasteiger partial charge in [0.15, 0.2) is 0 Å². The number of hydrogen-bond acceptors (Lipinski definition) is 4. The number of hydrogen-bond donors (Lipinski definition) is 1. The maximum absolute atomic E-state index is 12.7. The van der Waals surface area contributed by atoms with Crippen LogP contribution in [0, 0.1) is 22.2 Å². The number of aliphatic hydroxyl groups is 1. The SMILES string of the molecule is CC1(C)CN(C(=O)C2(C#N)CCOCC2)C[C@]1(C)O. The number of ether oxygens (including phenoxy) is 1. The van der Waals surface area contributed by atoms with Gasteiger partial charge in [-0.2, -0.15) is 5.26 Å². The highest BCUT2D eigenvalue weighted by atomic mass is 16.5. The lowest BCUT2D eigenvalue weighted by Gasteiger charge is -2.33. The average molecular weight is 266 g/mol. The largest absolute Gasteiger partial charge is 0.388 e. The molecule has 0 radical (unpaired) electrons. The van der Waals surface area contributed by atoms with E-state index in [1.165, 1.54) is 0 Å². The summed E-state index contributed by atoms with van der Waals surface area (Å²) in [4.78, 5) is 14.3. The molecule has 0 aliphatic carbocycles. The van der Waals surface area contributed by atoms with Gasteiger partial charge in [-0.3, -0.25) is 4.79 Å². The second-order valence-corrected chi connectivity index (χ2v) is 6.63. The molecule has 1 N–H and O–H groups in total. The number of carbonyl (C=O) groups excluding carboxylic acids is 1. The summed E-state index contributed by atoms with van der Waals surface area (Å²) in [5, 5.41) is 19.8. The van der Waals surface area contributed by atoms with Gasteiger partial charge in [0.1, 0.15) is 5.41 Å². The zero-order valence-corrected chi connectivity index (χ0v) is 11.9. The summed E-state index contributed by atoms with van der Waals surface area (Å²) in [6.07, 6.45) is 0.892. The van der Waals surface area contributed by atoms with Crippen molar-refractivity contribution in [2.45, 2.75) is 39.2 Å². The minimum atomic E-state index is -0.964. The molecule has 0 aromatic carbocycles. The summed E-state index contributed by atoms with van der Waals surface area (Å²) in [6, 6.07) is 2.20. The smallest absolute Gasteiger partial charge is 0.243 e. The number of amides is 1. The van der Waals surface area contributed by atoms with Crippen molar-refractivity contribution in [2.75, 3.05) is 26.3 Å². The Morgan fingerprint density at radius 1 is 1.26 bits per heavy atom. The van der Waals surface area contributed by atoms with Gasteiger partial charge in [0.25, 0.3) is 0 Å². The van der Waals surface area contributed by atoms with Crippen molar-refractivity contribution in [1.29, 1.82) is 5.26 Å². The maximum atomic E-state index is 12.7. The Bertz CT molecular complexity index is 401. The molecular weight excluding hydrogens is 244 g/mol. The first kappa shape index (κ1) is 14.3. The third-order valence-corrected chi connectivity index (χ3v) is 4.80. The van der Waals surface area contributed by atoms with E-state index in [9.17, 15) is 15.2 Å². The van der Waals surface area contributed by atoms with Crippen LogP contribution in [0.2, 0.25) is 0 Å². The highest BCUT2D eigenvalue weighted by Gasteiger charge is 2.53. The molecule has 1 amide bonds. The van der Waals surface area contributed by atoms with Crippen LogP contribution in [0.3, 0.4) is 0 Å². The molecule has 5 heteroatoms. The van der Waals surface area contributed by atoms with Gasteiger partial charge < -0.3 is 14.7 Å². The van der Waals surface area contributed by atoms with E-state index in [0.717, 1.165) is 0 Å². The minimum absolute atomic E-state index is 0.149. The zero-order chi connectivity index (χ0) is 14.3. The van der Waals surface area contributed by atoms with Crippen LogP contribution in [0.1, 0.15) is 33.6 Å². The molecule has 0 saturated carbocycles. The molecule has 5 nitrogen and oxygen atoms in total. The Kier molecular flexibility index (Phi) is 3.36. The van der Waals surface area contributed by atoms with Gasteiger partial charge in [0.05, 0.1) is 11.7 Å². The molecule has 0 aromatic heterocycles. The Balaban J connectivity index is 2.19. The van der Waals surface area contributed by atoms with Crippen molar-refractivity contribution in [3.05, 3.63) is 0 Å². The third kappa shape index (κ3) is 2.24. The Hall–Kier alpha value is -1.12. The van der Waals surface area contributed by atoms with Crippen molar-refractivity contribution in [2.24, 2.45) is 10.8 Å². The first-order valence-corrected chi connectivity index (χ1v) is 6.75. The number of carbonyl (C=O) groups is 1. The predicted molar refractivity (Wildman–Crippen MR) is 69.1 cm³/mol. The predicted octanol–water partition coefficient (Wildman–Crippen LogP) is 0.926. The Morgan fingerprint density at radius 2 is 1.84 bits per heavy atom. The molecular formula is C14H22N2O3. The van der Waals surface area contributed by atoms with Gasteiger partial charge in [-0.15, -0.1) is 0 Å². The minimum Gasteiger partial charge on any atom is -0.388 e. The lowest BCUT2D eigenvalue weighted by atomic mass is 9.79. The van der Waals surface area contributed by atoms with Crippen LogP contribution in [0.4, 0.5) is 0 Å². The molecule has 2 aliphatic rings. The molecule has 0 aromatic rings. The van der Waals surface area contributed by atoms with E-state index >= 15 is 0 Å². The summed E-state index contributed by atoms with van der Waals surface area (Å²) in [5.41, 5.74) is -2.23. The van der Waals surface area contributed by atoms with E-state index < -0.39 is 11.0 Å². The maximum Gasteiger partial charge on any atom is 0.243 e. The fraction of sp³-hybridized carbons (Fsp3) is 0.857. The fourth-order valence-electron chi connectivity index (χ4n) is 2.83. The van der Waals surface area contributed by atoms with Gasteiger partial charge in [-0.05, 0) is 19.8 Å². The number of likely N-dealkylation sites (tertiary alicyclic amines) is 1. The average Bonchev–Trinajstić information content (AvgIpc) is 2.58. The molecule has 2 heterocycles. The standard InChI is InChI=1S/C14H22N2O3/c1-12(2)9-16(10-13(12,3)18)11(17)14(8-15)4-6-19-7-5-14/h18H,4-7,9-10H2,1-3H3/t13-/m0/s1. The van der Waals surface area contributed by atoms with Crippen molar-refractivity contribution in [1.82, 2.24) is 4.90 Å². The molecule has 106 valence electrons. The van der Waals surface area contributed by atoms with E-state index in [1.807, 2.05) is 13.8 Å². The monoisotopic (exact) mass is 266 g/mol. The van der Waals surface area contributed by atoms with Crippen molar-refractivity contribution in [3.8, 4) is 6.07 Å². The third-order valence-electron chi connectivity index (χ3n) is 4.80. The van der Waals surface area contributed by atoms with Crippen molar-refractivity contribution in [3.63, 3.8) is 0 Å². The van der Waals surface area contributed by atoms with Gasteiger partial charge in [0, 0.05) is 31.7 Å². The highest BCUT2D eigenvalue weighted by molar-refractivity contribution is 5.86. The topological polar surface area (TPSA) is 73.6 Å². The summed E-state index contributed by atoms with van der Waals surface area (Å²) in [5.74, 6) is -0.149. The number of β-amino-alcohol motifs (C(OH)–C–C–N with tert-alkyl or cyclic N) is 1. The van der Waals surface area contributed by atoms with E-state index in [0.29, 0.717) is 39.1 Å². The quantitative estimate of drug-likeness (QED) is 0.766. The molecule has 2 fully saturated rings. The molecule has 19 heavy (non-hydrogen) atoms. The van der Waals surface area contributed by atoms with E-state index in [1.54, 1.807) is 11.8 Å². The van der Waals surface area contributed by atoms with Crippen LogP contribution in [-0.4, -0.2) is 47.8 Å². The van der Waals surface area contributed by atoms with Crippen LogP contribution in [0.15, 0.2) is 0 Å². The number of nitrogens with zero attached hydrogens (tertiary/aromatic N) is 2. The summed E-state index contributed by atoms with van der Waals surface area (Å²) >= 11 is 0. The van der Waals surface area contributed by atoms with Gasteiger partial charge in [-0.1, -0.05) is 13.8 Å². The normalized spacial score (nSPS) is 32.9. The summed E-state index contributed by atoms with van der Waals surface area (Å²) < 4.78 is 5.25. The number of rotatable bonds is 1. The second-order valence-electron chi connectivity index (χ2n) is 6.63. The van der Waals surface area contributed by atoms with Crippen molar-refractivity contribution >= 4 is 5.91 Å².